The van der Waals surface area contributed by atoms with Gasteiger partial charge in [0.1, 0.15) is 5.60 Å². The van der Waals surface area contributed by atoms with E-state index < -0.39 is 5.60 Å². The van der Waals surface area contributed by atoms with Crippen molar-refractivity contribution in [3.63, 3.8) is 0 Å². The van der Waals surface area contributed by atoms with E-state index >= 15 is 0 Å². The first kappa shape index (κ1) is 17.3. The van der Waals surface area contributed by atoms with Crippen molar-refractivity contribution in [2.24, 2.45) is 0 Å². The molecule has 1 saturated heterocycles. The molecule has 0 bridgehead atoms. The van der Waals surface area contributed by atoms with Gasteiger partial charge in [-0.05, 0) is 41.5 Å². The van der Waals surface area contributed by atoms with Crippen LogP contribution in [0.3, 0.4) is 0 Å². The lowest BCUT2D eigenvalue weighted by Crippen LogP contribution is -2.62. The number of ether oxygens (including phenoxy) is 1. The molecule has 4 heteroatoms. The van der Waals surface area contributed by atoms with Crippen LogP contribution in [-0.4, -0.2) is 59.8 Å². The number of nitrogens with zero attached hydrogens (tertiary/aromatic N) is 2. The van der Waals surface area contributed by atoms with Crippen LogP contribution in [0.4, 0.5) is 4.79 Å². The number of piperidine rings is 1. The minimum Gasteiger partial charge on any atom is -0.444 e. The van der Waals surface area contributed by atoms with E-state index in [-0.39, 0.29) is 11.6 Å². The molecule has 0 saturated carbocycles. The number of hydrogen-bond donors (Lipinski definition) is 0. The van der Waals surface area contributed by atoms with Gasteiger partial charge in [0.25, 0.3) is 0 Å². The Morgan fingerprint density at radius 3 is 1.85 bits per heavy atom. The molecule has 118 valence electrons. The first-order chi connectivity index (χ1) is 8.84. The van der Waals surface area contributed by atoms with Crippen LogP contribution >= 0.6 is 0 Å². The summed E-state index contributed by atoms with van der Waals surface area (Å²) in [6.07, 6.45) is 1.92. The molecule has 0 aromatic carbocycles. The summed E-state index contributed by atoms with van der Waals surface area (Å²) in [4.78, 5) is 13.9. The molecule has 20 heavy (non-hydrogen) atoms. The number of hydrogen-bond acceptors (Lipinski definition) is 2. The predicted molar refractivity (Wildman–Crippen MR) is 82.7 cm³/mol. The SMILES string of the molecule is CC(C)(C)OC(=O)N1CCC([N+](C)(C)C(C)(C)C)CC1. The number of carbonyl (C=O) groups excluding carboxylic acids is 1. The third-order valence-corrected chi connectivity index (χ3v) is 4.76. The van der Waals surface area contributed by atoms with Crippen molar-refractivity contribution in [3.8, 4) is 0 Å². The molecule has 0 spiro atoms. The summed E-state index contributed by atoms with van der Waals surface area (Å²) in [5.74, 6) is 0. The third-order valence-electron chi connectivity index (χ3n) is 4.76. The van der Waals surface area contributed by atoms with Gasteiger partial charge in [-0.25, -0.2) is 4.79 Å². The molecule has 4 nitrogen and oxygen atoms in total. The average Bonchev–Trinajstić information content (AvgIpc) is 2.25. The van der Waals surface area contributed by atoms with Crippen LogP contribution in [0.15, 0.2) is 0 Å². The first-order valence-corrected chi connectivity index (χ1v) is 7.66. The molecule has 0 radical (unpaired) electrons. The van der Waals surface area contributed by atoms with E-state index in [4.69, 9.17) is 4.74 Å². The quantitative estimate of drug-likeness (QED) is 0.692. The smallest absolute Gasteiger partial charge is 0.410 e. The van der Waals surface area contributed by atoms with E-state index in [1.807, 2.05) is 25.7 Å². The molecule has 1 aliphatic rings. The monoisotopic (exact) mass is 285 g/mol. The largest absolute Gasteiger partial charge is 0.444 e. The standard InChI is InChI=1S/C16H33N2O2/c1-15(2,3)18(7,8)13-9-11-17(12-10-13)14(19)20-16(4,5)6/h13H,9-12H2,1-8H3/q+1. The number of likely N-dealkylation sites (tertiary alicyclic amines) is 1. The van der Waals surface area contributed by atoms with Crippen molar-refractivity contribution < 1.29 is 14.0 Å². The second kappa shape index (κ2) is 5.55. The van der Waals surface area contributed by atoms with Crippen molar-refractivity contribution in [2.45, 2.75) is 71.6 Å². The highest BCUT2D eigenvalue weighted by atomic mass is 16.6. The lowest BCUT2D eigenvalue weighted by molar-refractivity contribution is -0.959. The van der Waals surface area contributed by atoms with E-state index in [1.54, 1.807) is 0 Å². The maximum atomic E-state index is 12.1. The fraction of sp³-hybridized carbons (Fsp3) is 0.938. The fourth-order valence-electron chi connectivity index (χ4n) is 2.57. The third kappa shape index (κ3) is 4.11. The van der Waals surface area contributed by atoms with E-state index in [2.05, 4.69) is 34.9 Å². The van der Waals surface area contributed by atoms with Crippen molar-refractivity contribution in [1.29, 1.82) is 0 Å². The summed E-state index contributed by atoms with van der Waals surface area (Å²) in [5.41, 5.74) is -0.187. The Kier molecular flexibility index (Phi) is 4.79. The Bertz CT molecular complexity index is 342. The van der Waals surface area contributed by atoms with Crippen LogP contribution in [0, 0.1) is 0 Å². The number of amides is 1. The van der Waals surface area contributed by atoms with E-state index in [9.17, 15) is 4.79 Å². The van der Waals surface area contributed by atoms with Crippen LogP contribution in [0.5, 0.6) is 0 Å². The number of carbonyl (C=O) groups is 1. The van der Waals surface area contributed by atoms with E-state index in [0.29, 0.717) is 6.04 Å². The molecule has 0 aromatic rings. The molecule has 0 N–H and O–H groups in total. The van der Waals surface area contributed by atoms with Gasteiger partial charge in [0.2, 0.25) is 0 Å². The second-order valence-corrected chi connectivity index (χ2v) is 8.41. The van der Waals surface area contributed by atoms with Crippen molar-refractivity contribution in [1.82, 2.24) is 4.90 Å². The first-order valence-electron chi connectivity index (χ1n) is 7.66. The molecule has 0 aliphatic carbocycles. The highest BCUT2D eigenvalue weighted by molar-refractivity contribution is 5.68. The molecule has 1 aliphatic heterocycles. The summed E-state index contributed by atoms with van der Waals surface area (Å²) < 4.78 is 6.44. The van der Waals surface area contributed by atoms with E-state index in [0.717, 1.165) is 30.4 Å². The molecule has 0 unspecified atom stereocenters. The summed E-state index contributed by atoms with van der Waals surface area (Å²) in [6.45, 7) is 14.2. The van der Waals surface area contributed by atoms with Gasteiger partial charge in [-0.1, -0.05) is 0 Å². The maximum Gasteiger partial charge on any atom is 0.410 e. The average molecular weight is 285 g/mol. The van der Waals surface area contributed by atoms with Gasteiger partial charge >= 0.3 is 6.09 Å². The lowest BCUT2D eigenvalue weighted by Gasteiger charge is -2.50. The zero-order valence-corrected chi connectivity index (χ0v) is 14.6. The summed E-state index contributed by atoms with van der Waals surface area (Å²) in [7, 11) is 4.60. The van der Waals surface area contributed by atoms with Crippen molar-refractivity contribution in [3.05, 3.63) is 0 Å². The van der Waals surface area contributed by atoms with Crippen LogP contribution in [-0.2, 0) is 4.74 Å². The Hall–Kier alpha value is -0.770. The summed E-state index contributed by atoms with van der Waals surface area (Å²) in [5, 5.41) is 0. The Labute approximate surface area is 124 Å². The van der Waals surface area contributed by atoms with Gasteiger partial charge < -0.3 is 14.1 Å². The number of quaternary nitrogens is 1. The highest BCUT2D eigenvalue weighted by Crippen LogP contribution is 2.29. The highest BCUT2D eigenvalue weighted by Gasteiger charge is 2.41. The molecule has 1 fully saturated rings. The Balaban J connectivity index is 2.58. The zero-order chi connectivity index (χ0) is 15.8. The van der Waals surface area contributed by atoms with Crippen LogP contribution in [0.1, 0.15) is 54.4 Å². The van der Waals surface area contributed by atoms with Gasteiger partial charge in [-0.3, -0.25) is 0 Å². The zero-order valence-electron chi connectivity index (χ0n) is 14.6. The Morgan fingerprint density at radius 2 is 1.50 bits per heavy atom. The molecular weight excluding hydrogens is 252 g/mol. The van der Waals surface area contributed by atoms with Gasteiger partial charge in [0.15, 0.2) is 0 Å². The fourth-order valence-corrected chi connectivity index (χ4v) is 2.57. The van der Waals surface area contributed by atoms with Gasteiger partial charge in [-0.15, -0.1) is 0 Å². The Morgan fingerprint density at radius 1 is 1.05 bits per heavy atom. The maximum absolute atomic E-state index is 12.1. The molecule has 0 aromatic heterocycles. The van der Waals surface area contributed by atoms with Crippen molar-refractivity contribution in [2.75, 3.05) is 27.2 Å². The van der Waals surface area contributed by atoms with Crippen LogP contribution < -0.4 is 0 Å². The minimum atomic E-state index is -0.408. The lowest BCUT2D eigenvalue weighted by atomic mass is 9.94. The second-order valence-electron chi connectivity index (χ2n) is 8.41. The van der Waals surface area contributed by atoms with Gasteiger partial charge in [-0.2, -0.15) is 0 Å². The van der Waals surface area contributed by atoms with Crippen molar-refractivity contribution >= 4 is 6.09 Å². The van der Waals surface area contributed by atoms with Gasteiger partial charge in [0.05, 0.1) is 25.7 Å². The van der Waals surface area contributed by atoms with Gasteiger partial charge in [0, 0.05) is 25.9 Å². The van der Waals surface area contributed by atoms with Crippen LogP contribution in [0.25, 0.3) is 0 Å². The minimum absolute atomic E-state index is 0.169. The molecule has 0 atom stereocenters. The summed E-state index contributed by atoms with van der Waals surface area (Å²) >= 11 is 0. The van der Waals surface area contributed by atoms with Crippen LogP contribution in [0.2, 0.25) is 0 Å². The molecule has 1 amide bonds. The predicted octanol–water partition coefficient (Wildman–Crippen LogP) is 3.26. The van der Waals surface area contributed by atoms with E-state index in [1.165, 1.54) is 0 Å². The topological polar surface area (TPSA) is 29.5 Å². The molecular formula is C16H33N2O2+. The molecule has 1 heterocycles. The normalized spacial score (nSPS) is 19.1. The molecule has 1 rings (SSSR count). The summed E-state index contributed by atoms with van der Waals surface area (Å²) in [6, 6.07) is 0.605. The number of rotatable bonds is 1.